The second-order valence-corrected chi connectivity index (χ2v) is 4.24. The molecule has 2 rings (SSSR count). The Balaban J connectivity index is 2.62. The van der Waals surface area contributed by atoms with Crippen LogP contribution in [0.15, 0.2) is 24.3 Å². The predicted molar refractivity (Wildman–Crippen MR) is 68.9 cm³/mol. The Bertz CT molecular complexity index is 587. The highest BCUT2D eigenvalue weighted by Gasteiger charge is 2.06. The molecule has 2 nitrogen and oxygen atoms in total. The Hall–Kier alpha value is -1.55. The lowest BCUT2D eigenvalue weighted by Gasteiger charge is -2.08. The van der Waals surface area contributed by atoms with Gasteiger partial charge in [0, 0.05) is 12.0 Å². The largest absolute Gasteiger partial charge is 0.343 e. The molecule has 1 N–H and O–H groups in total. The molecular weight excluding hydrogens is 235 g/mol. The maximum Gasteiger partial charge on any atom is 0.133 e. The van der Waals surface area contributed by atoms with Crippen LogP contribution >= 0.6 is 12.2 Å². The molecule has 1 aromatic carbocycles. The van der Waals surface area contributed by atoms with Crippen LogP contribution in [0.3, 0.4) is 0 Å². The number of halogens is 1. The third-order valence-electron chi connectivity index (χ3n) is 2.67. The van der Waals surface area contributed by atoms with E-state index in [-0.39, 0.29) is 5.82 Å². The second kappa shape index (κ2) is 4.75. The van der Waals surface area contributed by atoms with Crippen LogP contribution in [-0.2, 0) is 6.42 Å². The molecule has 1 heterocycles. The molecular formula is C13H13FN2S. The fraction of sp³-hybridized carbons (Fsp3) is 0.231. The normalized spacial score (nSPS) is 10.5. The lowest BCUT2D eigenvalue weighted by molar-refractivity contribution is 0.628. The zero-order valence-corrected chi connectivity index (χ0v) is 10.6. The summed E-state index contributed by atoms with van der Waals surface area (Å²) in [5.41, 5.74) is 2.76. The Kier molecular flexibility index (Phi) is 3.33. The molecule has 0 saturated heterocycles. The Morgan fingerprint density at radius 2 is 1.94 bits per heavy atom. The molecule has 0 unspecified atom stereocenters. The van der Waals surface area contributed by atoms with Gasteiger partial charge in [-0.3, -0.25) is 0 Å². The summed E-state index contributed by atoms with van der Waals surface area (Å²) in [6, 6.07) is 6.36. The summed E-state index contributed by atoms with van der Waals surface area (Å²) in [7, 11) is 0. The van der Waals surface area contributed by atoms with Crippen molar-refractivity contribution < 1.29 is 4.39 Å². The van der Waals surface area contributed by atoms with E-state index >= 15 is 0 Å². The third kappa shape index (κ3) is 2.42. The summed E-state index contributed by atoms with van der Waals surface area (Å²) in [6.45, 7) is 3.93. The van der Waals surface area contributed by atoms with Gasteiger partial charge in [-0.05, 0) is 36.8 Å². The first-order valence-corrected chi connectivity index (χ1v) is 5.88. The SMILES string of the molecule is CCc1nc(=S)c(C)c(-c2ccc(F)cc2)[nH]1. The van der Waals surface area contributed by atoms with Gasteiger partial charge in [0.1, 0.15) is 16.3 Å². The number of nitrogens with zero attached hydrogens (tertiary/aromatic N) is 1. The number of aromatic nitrogens is 2. The average Bonchev–Trinajstić information content (AvgIpc) is 2.34. The molecule has 17 heavy (non-hydrogen) atoms. The molecule has 0 aliphatic heterocycles. The van der Waals surface area contributed by atoms with E-state index in [1.165, 1.54) is 12.1 Å². The van der Waals surface area contributed by atoms with Crippen LogP contribution in [-0.4, -0.2) is 9.97 Å². The molecule has 0 aliphatic carbocycles. The molecule has 0 aliphatic rings. The number of rotatable bonds is 2. The second-order valence-electron chi connectivity index (χ2n) is 3.85. The van der Waals surface area contributed by atoms with Gasteiger partial charge in [-0.25, -0.2) is 9.37 Å². The quantitative estimate of drug-likeness (QED) is 0.818. The van der Waals surface area contributed by atoms with E-state index in [2.05, 4.69) is 9.97 Å². The van der Waals surface area contributed by atoms with Crippen LogP contribution in [0.4, 0.5) is 4.39 Å². The van der Waals surface area contributed by atoms with Gasteiger partial charge in [-0.15, -0.1) is 0 Å². The molecule has 0 radical (unpaired) electrons. The molecule has 0 atom stereocenters. The van der Waals surface area contributed by atoms with Crippen LogP contribution in [0, 0.1) is 17.4 Å². The van der Waals surface area contributed by atoms with Crippen LogP contribution in [0.1, 0.15) is 18.3 Å². The van der Waals surface area contributed by atoms with Gasteiger partial charge in [0.05, 0.1) is 5.69 Å². The highest BCUT2D eigenvalue weighted by Crippen LogP contribution is 2.21. The fourth-order valence-corrected chi connectivity index (χ4v) is 1.86. The van der Waals surface area contributed by atoms with Crippen LogP contribution in [0.5, 0.6) is 0 Å². The van der Waals surface area contributed by atoms with Gasteiger partial charge >= 0.3 is 0 Å². The lowest BCUT2D eigenvalue weighted by Crippen LogP contribution is -1.99. The first-order chi connectivity index (χ1) is 8.11. The number of aromatic amines is 1. The third-order valence-corrected chi connectivity index (χ3v) is 3.07. The minimum Gasteiger partial charge on any atom is -0.343 e. The molecule has 4 heteroatoms. The van der Waals surface area contributed by atoms with Gasteiger partial charge in [0.15, 0.2) is 0 Å². The Morgan fingerprint density at radius 1 is 1.29 bits per heavy atom. The van der Waals surface area contributed by atoms with Crippen molar-refractivity contribution in [2.24, 2.45) is 0 Å². The molecule has 0 spiro atoms. The Morgan fingerprint density at radius 3 is 2.53 bits per heavy atom. The van der Waals surface area contributed by atoms with Crippen LogP contribution in [0.25, 0.3) is 11.3 Å². The van der Waals surface area contributed by atoms with Crippen molar-refractivity contribution >= 4 is 12.2 Å². The molecule has 0 amide bonds. The van der Waals surface area contributed by atoms with Crippen molar-refractivity contribution in [3.63, 3.8) is 0 Å². The van der Waals surface area contributed by atoms with Gasteiger partial charge in [-0.1, -0.05) is 19.1 Å². The van der Waals surface area contributed by atoms with E-state index in [0.29, 0.717) is 4.64 Å². The number of hydrogen-bond donors (Lipinski definition) is 1. The summed E-state index contributed by atoms with van der Waals surface area (Å²) in [5, 5.41) is 0. The maximum absolute atomic E-state index is 12.9. The van der Waals surface area contributed by atoms with Gasteiger partial charge in [-0.2, -0.15) is 0 Å². The molecule has 0 fully saturated rings. The Labute approximate surface area is 105 Å². The van der Waals surface area contributed by atoms with Crippen molar-refractivity contribution in [2.75, 3.05) is 0 Å². The highest BCUT2D eigenvalue weighted by molar-refractivity contribution is 7.71. The minimum atomic E-state index is -0.241. The standard InChI is InChI=1S/C13H13FN2S/c1-3-11-15-12(8(2)13(17)16-11)9-4-6-10(14)7-5-9/h4-7H,3H2,1-2H3,(H,15,16,17). The van der Waals surface area contributed by atoms with E-state index in [9.17, 15) is 4.39 Å². The molecule has 0 saturated carbocycles. The summed E-state index contributed by atoms with van der Waals surface area (Å²) < 4.78 is 13.5. The predicted octanol–water partition coefficient (Wildman–Crippen LogP) is 3.82. The minimum absolute atomic E-state index is 0.241. The van der Waals surface area contributed by atoms with Crippen molar-refractivity contribution in [1.82, 2.24) is 9.97 Å². The molecule has 2 aromatic rings. The van der Waals surface area contributed by atoms with E-state index in [1.54, 1.807) is 12.1 Å². The van der Waals surface area contributed by atoms with Gasteiger partial charge in [0.2, 0.25) is 0 Å². The summed E-state index contributed by atoms with van der Waals surface area (Å²) in [5.74, 6) is 0.606. The van der Waals surface area contributed by atoms with Crippen LogP contribution in [0.2, 0.25) is 0 Å². The van der Waals surface area contributed by atoms with Crippen molar-refractivity contribution in [3.05, 3.63) is 46.1 Å². The number of hydrogen-bond acceptors (Lipinski definition) is 2. The van der Waals surface area contributed by atoms with Gasteiger partial charge in [0.25, 0.3) is 0 Å². The monoisotopic (exact) mass is 248 g/mol. The number of H-pyrrole nitrogens is 1. The molecule has 1 aromatic heterocycles. The zero-order valence-electron chi connectivity index (χ0n) is 9.75. The first kappa shape index (κ1) is 11.9. The lowest BCUT2D eigenvalue weighted by atomic mass is 10.1. The summed E-state index contributed by atoms with van der Waals surface area (Å²) >= 11 is 5.22. The van der Waals surface area contributed by atoms with Crippen molar-refractivity contribution in [1.29, 1.82) is 0 Å². The highest BCUT2D eigenvalue weighted by atomic mass is 32.1. The topological polar surface area (TPSA) is 28.7 Å². The van der Waals surface area contributed by atoms with Crippen molar-refractivity contribution in [2.45, 2.75) is 20.3 Å². The number of benzene rings is 1. The van der Waals surface area contributed by atoms with Gasteiger partial charge < -0.3 is 4.98 Å². The van der Waals surface area contributed by atoms with E-state index in [4.69, 9.17) is 12.2 Å². The maximum atomic E-state index is 12.9. The molecule has 0 bridgehead atoms. The molecule has 88 valence electrons. The first-order valence-electron chi connectivity index (χ1n) is 5.47. The zero-order chi connectivity index (χ0) is 12.4. The van der Waals surface area contributed by atoms with Crippen LogP contribution < -0.4 is 0 Å². The number of nitrogens with one attached hydrogen (secondary N) is 1. The van der Waals surface area contributed by atoms with E-state index in [0.717, 1.165) is 29.1 Å². The smallest absolute Gasteiger partial charge is 0.133 e. The summed E-state index contributed by atoms with van der Waals surface area (Å²) in [6.07, 6.45) is 0.790. The van der Waals surface area contributed by atoms with E-state index < -0.39 is 0 Å². The fourth-order valence-electron chi connectivity index (χ4n) is 1.65. The summed E-state index contributed by atoms with van der Waals surface area (Å²) in [4.78, 5) is 7.52. The number of aryl methyl sites for hydroxylation is 1. The van der Waals surface area contributed by atoms with E-state index in [1.807, 2.05) is 13.8 Å². The average molecular weight is 248 g/mol. The van der Waals surface area contributed by atoms with Crippen molar-refractivity contribution in [3.8, 4) is 11.3 Å².